The largest absolute Gasteiger partial charge is 0.666 e. The Hall–Kier alpha value is -0.286. The van der Waals surface area contributed by atoms with Crippen LogP contribution in [0.4, 0.5) is 4.79 Å². The van der Waals surface area contributed by atoms with Crippen molar-refractivity contribution in [1.29, 1.82) is 0 Å². The van der Waals surface area contributed by atoms with Gasteiger partial charge in [-0.25, -0.2) is 4.79 Å². The van der Waals surface area contributed by atoms with Crippen molar-refractivity contribution in [2.24, 2.45) is 0 Å². The van der Waals surface area contributed by atoms with E-state index in [1.54, 1.807) is 0 Å². The molecule has 0 aliphatic carbocycles. The summed E-state index contributed by atoms with van der Waals surface area (Å²) < 4.78 is 33.8. The van der Waals surface area contributed by atoms with Crippen LogP contribution >= 0.6 is 0 Å². The second kappa shape index (κ2) is 5.37. The van der Waals surface area contributed by atoms with Gasteiger partial charge in [0.1, 0.15) is 0 Å². The van der Waals surface area contributed by atoms with Gasteiger partial charge < -0.3 is 15.4 Å². The zero-order valence-electron chi connectivity index (χ0n) is 9.14. The van der Waals surface area contributed by atoms with Crippen molar-refractivity contribution >= 4 is 22.3 Å². The summed E-state index contributed by atoms with van der Waals surface area (Å²) in [7, 11) is -4.77. The van der Waals surface area contributed by atoms with Crippen LogP contribution in [-0.2, 0) is 52.2 Å². The summed E-state index contributed by atoms with van der Waals surface area (Å²) in [4.78, 5) is 23.7. The molecule has 1 radical (unpaired) electrons. The minimum absolute atomic E-state index is 0. The second-order valence-electron chi connectivity index (χ2n) is 3.87. The molecule has 3 amide bonds. The van der Waals surface area contributed by atoms with Gasteiger partial charge in [0, 0.05) is 39.3 Å². The summed E-state index contributed by atoms with van der Waals surface area (Å²) in [6.07, 6.45) is 0.622. The molecule has 0 unspecified atom stereocenters. The van der Waals surface area contributed by atoms with Crippen molar-refractivity contribution in [2.45, 2.75) is 24.9 Å². The number of hydrogen-bond acceptors (Lipinski definition) is 5. The van der Waals surface area contributed by atoms with Crippen molar-refractivity contribution in [1.82, 2.24) is 9.96 Å². The monoisotopic (exact) mass is 353 g/mol. The molecule has 18 heavy (non-hydrogen) atoms. The van der Waals surface area contributed by atoms with E-state index < -0.39 is 34.4 Å². The topological polar surface area (TPSA) is 128 Å². The third-order valence-corrected chi connectivity index (χ3v) is 3.15. The van der Waals surface area contributed by atoms with Crippen LogP contribution < -0.4 is 0 Å². The third kappa shape index (κ3) is 2.99. The fraction of sp³-hybridized carbons (Fsp3) is 0.714. The minimum atomic E-state index is -4.77. The number of hydroxylamine groups is 2. The maximum absolute atomic E-state index is 11.7. The number of nitrogens with one attached hydrogen (secondary N) is 1. The molecule has 0 spiro atoms. The van der Waals surface area contributed by atoms with Crippen LogP contribution in [0, 0.1) is 0 Å². The Labute approximate surface area is 128 Å². The normalized spacial score (nSPS) is 27.1. The Kier molecular flexibility index (Phi) is 4.71. The van der Waals surface area contributed by atoms with Gasteiger partial charge in [-0.15, -0.1) is 4.28 Å². The van der Waals surface area contributed by atoms with E-state index in [4.69, 9.17) is 10.3 Å². The molecule has 2 rings (SSSR count). The molecule has 99 valence electrons. The van der Waals surface area contributed by atoms with E-state index >= 15 is 0 Å². The molecule has 0 aromatic rings. The molecule has 2 bridgehead atoms. The number of carbonyl (C=O) groups is 2. The maximum Gasteiger partial charge on any atom is 0.418 e. The summed E-state index contributed by atoms with van der Waals surface area (Å²) in [5.74, 6) is -0.898. The van der Waals surface area contributed by atoms with Crippen LogP contribution in [0.5, 0.6) is 0 Å². The maximum atomic E-state index is 11.7. The average Bonchev–Trinajstić information content (AvgIpc) is 2.42. The van der Waals surface area contributed by atoms with Crippen molar-refractivity contribution in [3.63, 3.8) is 0 Å². The quantitative estimate of drug-likeness (QED) is 0.686. The summed E-state index contributed by atoms with van der Waals surface area (Å²) >= 11 is 0. The van der Waals surface area contributed by atoms with Crippen LogP contribution in [-0.4, -0.2) is 53.5 Å². The molecular formula is C7H10N3O6SY-. The van der Waals surface area contributed by atoms with E-state index in [0.29, 0.717) is 11.5 Å². The van der Waals surface area contributed by atoms with Gasteiger partial charge in [0.15, 0.2) is 0 Å². The number of rotatable bonds is 3. The molecule has 0 aromatic heterocycles. The Morgan fingerprint density at radius 1 is 1.44 bits per heavy atom. The Morgan fingerprint density at radius 2 is 2.06 bits per heavy atom. The van der Waals surface area contributed by atoms with Gasteiger partial charge in [-0.05, 0) is 12.8 Å². The molecule has 2 aliphatic heterocycles. The van der Waals surface area contributed by atoms with Crippen LogP contribution in [0.3, 0.4) is 0 Å². The predicted molar refractivity (Wildman–Crippen MR) is 52.7 cm³/mol. The number of amides is 3. The van der Waals surface area contributed by atoms with Crippen molar-refractivity contribution in [2.75, 3.05) is 6.54 Å². The van der Waals surface area contributed by atoms with Gasteiger partial charge in [0.25, 0.3) is 0 Å². The zero-order chi connectivity index (χ0) is 12.8. The summed E-state index contributed by atoms with van der Waals surface area (Å²) in [6, 6.07) is -2.22. The molecule has 11 heteroatoms. The van der Waals surface area contributed by atoms with E-state index in [9.17, 15) is 18.0 Å². The molecular weight excluding hydrogens is 343 g/mol. The van der Waals surface area contributed by atoms with Gasteiger partial charge >= 0.3 is 16.4 Å². The van der Waals surface area contributed by atoms with Crippen LogP contribution in [0.1, 0.15) is 12.8 Å². The average molecular weight is 353 g/mol. The second-order valence-corrected chi connectivity index (χ2v) is 4.88. The predicted octanol–water partition coefficient (Wildman–Crippen LogP) is -0.434. The van der Waals surface area contributed by atoms with Gasteiger partial charge in [-0.3, -0.25) is 4.55 Å². The SMILES string of the molecule is [NH-]C(=O)[C@@H]1CC[C@@H]2CN1C(=O)N2OS(=O)(=O)O.[Y]. The van der Waals surface area contributed by atoms with Crippen molar-refractivity contribution in [3.8, 4) is 0 Å². The molecule has 2 N–H and O–H groups in total. The van der Waals surface area contributed by atoms with Gasteiger partial charge in [0.05, 0.1) is 18.0 Å². The van der Waals surface area contributed by atoms with Crippen molar-refractivity contribution < 1.29 is 59.6 Å². The molecule has 2 aliphatic rings. The molecule has 2 fully saturated rings. The van der Waals surface area contributed by atoms with Crippen LogP contribution in [0.2, 0.25) is 0 Å². The first-order chi connectivity index (χ1) is 7.79. The number of hydrogen-bond donors (Lipinski definition) is 1. The van der Waals surface area contributed by atoms with E-state index in [1.165, 1.54) is 0 Å². The Bertz CT molecular complexity index is 468. The zero-order valence-corrected chi connectivity index (χ0v) is 12.8. The first-order valence-electron chi connectivity index (χ1n) is 4.82. The molecule has 0 aromatic carbocycles. The third-order valence-electron chi connectivity index (χ3n) is 2.80. The van der Waals surface area contributed by atoms with E-state index in [0.717, 1.165) is 4.90 Å². The van der Waals surface area contributed by atoms with E-state index in [1.807, 2.05) is 0 Å². The number of carbonyl (C=O) groups excluding carboxylic acids is 2. The van der Waals surface area contributed by atoms with Crippen LogP contribution in [0.15, 0.2) is 0 Å². The number of nitrogens with zero attached hydrogens (tertiary/aromatic N) is 2. The van der Waals surface area contributed by atoms with Gasteiger partial charge in [0.2, 0.25) is 0 Å². The number of urea groups is 1. The molecule has 2 atom stereocenters. The van der Waals surface area contributed by atoms with E-state index in [2.05, 4.69) is 4.28 Å². The standard InChI is InChI=1S/C7H11N3O6S.Y/c8-6(11)5-2-1-4-3-9(5)7(12)10(4)16-17(13,14)15;/h4-5H,1-3H2,(H3,8,11,13,14,15);/p-1/t4-,5+;/m1./s1. The molecule has 2 saturated heterocycles. The summed E-state index contributed by atoms with van der Waals surface area (Å²) in [5.41, 5.74) is 7.00. The summed E-state index contributed by atoms with van der Waals surface area (Å²) in [5, 5.41) is 0.540. The van der Waals surface area contributed by atoms with Gasteiger partial charge in [-0.1, -0.05) is 0 Å². The first kappa shape index (κ1) is 15.8. The van der Waals surface area contributed by atoms with Gasteiger partial charge in [-0.2, -0.15) is 13.5 Å². The first-order valence-corrected chi connectivity index (χ1v) is 6.18. The minimum Gasteiger partial charge on any atom is -0.666 e. The summed E-state index contributed by atoms with van der Waals surface area (Å²) in [6.45, 7) is 0.115. The molecule has 9 nitrogen and oxygen atoms in total. The Balaban J connectivity index is 0.00000162. The fourth-order valence-corrected chi connectivity index (χ4v) is 2.49. The Morgan fingerprint density at radius 3 is 2.56 bits per heavy atom. The number of fused-ring (bicyclic) bond motifs is 2. The number of piperidine rings is 1. The molecule has 0 saturated carbocycles. The smallest absolute Gasteiger partial charge is 0.418 e. The van der Waals surface area contributed by atoms with Crippen molar-refractivity contribution in [3.05, 3.63) is 5.73 Å². The molecule has 2 heterocycles. The fourth-order valence-electron chi connectivity index (χ4n) is 2.10. The van der Waals surface area contributed by atoms with E-state index in [-0.39, 0.29) is 45.7 Å². The van der Waals surface area contributed by atoms with Crippen LogP contribution in [0.25, 0.3) is 5.73 Å².